The number of pyridine rings is 1. The van der Waals surface area contributed by atoms with Gasteiger partial charge in [0.2, 0.25) is 0 Å². The average molecular weight is 372 g/mol. The molecule has 0 saturated heterocycles. The van der Waals surface area contributed by atoms with Gasteiger partial charge in [-0.05, 0) is 62.5 Å². The highest BCUT2D eigenvalue weighted by atomic mass is 35.5. The van der Waals surface area contributed by atoms with Crippen molar-refractivity contribution in [2.24, 2.45) is 17.3 Å². The summed E-state index contributed by atoms with van der Waals surface area (Å²) in [7, 11) is 0. The van der Waals surface area contributed by atoms with Crippen LogP contribution in [0.2, 0.25) is 5.15 Å². The lowest BCUT2D eigenvalue weighted by molar-refractivity contribution is -0.197. The van der Waals surface area contributed by atoms with Gasteiger partial charge in [0, 0.05) is 10.9 Å². The van der Waals surface area contributed by atoms with E-state index in [1.165, 1.54) is 0 Å². The van der Waals surface area contributed by atoms with E-state index in [9.17, 15) is 9.90 Å². The highest BCUT2D eigenvalue weighted by Crippen LogP contribution is 2.62. The molecule has 4 atom stereocenters. The summed E-state index contributed by atoms with van der Waals surface area (Å²) >= 11 is 6.29. The quantitative estimate of drug-likeness (QED) is 0.646. The molecule has 1 aromatic carbocycles. The molecule has 1 heterocycles. The SMILES string of the molecule is O=C(OCc1cc2ccccc2nc1Cl)C12C[C@@H]3C[C@@H](CC(O)(C3)C1)C2. The maximum atomic E-state index is 13.0. The maximum absolute atomic E-state index is 13.0. The van der Waals surface area contributed by atoms with Gasteiger partial charge >= 0.3 is 5.97 Å². The molecule has 5 heteroatoms. The second kappa shape index (κ2) is 5.67. The minimum absolute atomic E-state index is 0.130. The zero-order valence-corrected chi connectivity index (χ0v) is 15.3. The van der Waals surface area contributed by atoms with E-state index in [1.807, 2.05) is 30.3 Å². The molecule has 0 spiro atoms. The molecule has 6 rings (SSSR count). The van der Waals surface area contributed by atoms with Crippen LogP contribution in [0.3, 0.4) is 0 Å². The molecule has 4 nitrogen and oxygen atoms in total. The van der Waals surface area contributed by atoms with Gasteiger partial charge < -0.3 is 9.84 Å². The summed E-state index contributed by atoms with van der Waals surface area (Å²) in [5.74, 6) is 0.744. The molecular weight excluding hydrogens is 350 g/mol. The van der Waals surface area contributed by atoms with Crippen LogP contribution in [0.25, 0.3) is 10.9 Å². The number of halogens is 1. The minimum atomic E-state index is -0.661. The molecule has 4 saturated carbocycles. The van der Waals surface area contributed by atoms with Gasteiger partial charge in [0.15, 0.2) is 0 Å². The highest BCUT2D eigenvalue weighted by Gasteiger charge is 2.60. The molecule has 4 aliphatic carbocycles. The van der Waals surface area contributed by atoms with Gasteiger partial charge in [-0.3, -0.25) is 4.79 Å². The highest BCUT2D eigenvalue weighted by molar-refractivity contribution is 6.30. The predicted octanol–water partition coefficient (Wildman–Crippen LogP) is 4.26. The third-order valence-corrected chi connectivity index (χ3v) is 6.90. The third-order valence-electron chi connectivity index (χ3n) is 6.57. The van der Waals surface area contributed by atoms with Crippen LogP contribution in [0.4, 0.5) is 0 Å². The normalized spacial score (nSPS) is 35.0. The van der Waals surface area contributed by atoms with Gasteiger partial charge in [-0.1, -0.05) is 29.8 Å². The summed E-state index contributed by atoms with van der Waals surface area (Å²) in [5, 5.41) is 12.2. The van der Waals surface area contributed by atoms with Gasteiger partial charge in [-0.15, -0.1) is 0 Å². The van der Waals surface area contributed by atoms with Gasteiger partial charge in [0.1, 0.15) is 11.8 Å². The zero-order chi connectivity index (χ0) is 17.9. The molecule has 26 heavy (non-hydrogen) atoms. The Labute approximate surface area is 157 Å². The summed E-state index contributed by atoms with van der Waals surface area (Å²) in [4.78, 5) is 17.4. The topological polar surface area (TPSA) is 59.4 Å². The number of esters is 1. The number of benzene rings is 1. The average Bonchev–Trinajstić information content (AvgIpc) is 2.57. The number of ether oxygens (including phenoxy) is 1. The van der Waals surface area contributed by atoms with E-state index in [0.717, 1.165) is 48.6 Å². The molecule has 2 unspecified atom stereocenters. The number of nitrogens with zero attached hydrogens (tertiary/aromatic N) is 1. The number of para-hydroxylation sites is 1. The van der Waals surface area contributed by atoms with Crippen LogP contribution < -0.4 is 0 Å². The first kappa shape index (κ1) is 16.5. The van der Waals surface area contributed by atoms with Crippen molar-refractivity contribution in [3.05, 3.63) is 41.0 Å². The Morgan fingerprint density at radius 2 is 1.96 bits per heavy atom. The van der Waals surface area contributed by atoms with Crippen molar-refractivity contribution < 1.29 is 14.6 Å². The Morgan fingerprint density at radius 3 is 2.69 bits per heavy atom. The summed E-state index contributed by atoms with van der Waals surface area (Å²) in [6, 6.07) is 9.68. The first-order valence-electron chi connectivity index (χ1n) is 9.39. The van der Waals surface area contributed by atoms with E-state index in [2.05, 4.69) is 4.98 Å². The first-order chi connectivity index (χ1) is 12.4. The number of hydrogen-bond acceptors (Lipinski definition) is 4. The number of aliphatic hydroxyl groups is 1. The third kappa shape index (κ3) is 2.62. The van der Waals surface area contributed by atoms with Crippen molar-refractivity contribution in [2.45, 2.75) is 50.7 Å². The molecular formula is C21H22ClNO3. The van der Waals surface area contributed by atoms with Crippen molar-refractivity contribution in [1.82, 2.24) is 4.98 Å². The second-order valence-corrected chi connectivity index (χ2v) is 9.03. The number of hydrogen-bond donors (Lipinski definition) is 1. The largest absolute Gasteiger partial charge is 0.460 e. The van der Waals surface area contributed by atoms with E-state index in [1.54, 1.807) is 0 Å². The van der Waals surface area contributed by atoms with Crippen molar-refractivity contribution in [1.29, 1.82) is 0 Å². The second-order valence-electron chi connectivity index (χ2n) is 8.67. The van der Waals surface area contributed by atoms with Gasteiger partial charge in [0.25, 0.3) is 0 Å². The Balaban J connectivity index is 1.36. The number of fused-ring (bicyclic) bond motifs is 1. The van der Waals surface area contributed by atoms with Gasteiger partial charge in [-0.2, -0.15) is 0 Å². The minimum Gasteiger partial charge on any atom is -0.460 e. The molecule has 4 aliphatic rings. The van der Waals surface area contributed by atoms with Gasteiger partial charge in [0.05, 0.1) is 16.5 Å². The summed E-state index contributed by atoms with van der Waals surface area (Å²) in [5.41, 5.74) is 0.388. The fourth-order valence-electron chi connectivity index (χ4n) is 5.99. The number of carbonyl (C=O) groups is 1. The van der Waals surface area contributed by atoms with Crippen LogP contribution >= 0.6 is 11.6 Å². The van der Waals surface area contributed by atoms with Crippen LogP contribution in [0.5, 0.6) is 0 Å². The fourth-order valence-corrected chi connectivity index (χ4v) is 6.19. The van der Waals surface area contributed by atoms with Crippen LogP contribution in [0, 0.1) is 17.3 Å². The molecule has 4 fully saturated rings. The Morgan fingerprint density at radius 1 is 1.23 bits per heavy atom. The van der Waals surface area contributed by atoms with E-state index in [0.29, 0.717) is 23.4 Å². The lowest BCUT2D eigenvalue weighted by Gasteiger charge is -2.58. The molecule has 2 aromatic rings. The predicted molar refractivity (Wildman–Crippen MR) is 98.6 cm³/mol. The van der Waals surface area contributed by atoms with Crippen LogP contribution in [0.15, 0.2) is 30.3 Å². The van der Waals surface area contributed by atoms with E-state index >= 15 is 0 Å². The zero-order valence-electron chi connectivity index (χ0n) is 14.6. The van der Waals surface area contributed by atoms with Crippen molar-refractivity contribution in [2.75, 3.05) is 0 Å². The molecule has 1 aromatic heterocycles. The summed E-state index contributed by atoms with van der Waals surface area (Å²) < 4.78 is 5.71. The Kier molecular flexibility index (Phi) is 3.60. The van der Waals surface area contributed by atoms with Gasteiger partial charge in [-0.25, -0.2) is 4.98 Å². The lowest BCUT2D eigenvalue weighted by Crippen LogP contribution is -2.58. The van der Waals surface area contributed by atoms with E-state index < -0.39 is 11.0 Å². The maximum Gasteiger partial charge on any atom is 0.312 e. The van der Waals surface area contributed by atoms with Crippen LogP contribution in [0.1, 0.15) is 44.1 Å². The van der Waals surface area contributed by atoms with Crippen molar-refractivity contribution in [3.8, 4) is 0 Å². The number of carbonyl (C=O) groups excluding carboxylic acids is 1. The van der Waals surface area contributed by atoms with E-state index in [4.69, 9.17) is 16.3 Å². The molecule has 4 bridgehead atoms. The standard InChI is InChI=1S/C21H22ClNO3/c22-18-16(6-15-3-1-2-4-17(15)23-18)11-26-19(24)20-7-13-5-14(8-20)10-21(25,9-13)12-20/h1-4,6,13-14,25H,5,7-12H2/t13-,14+,20?,21?. The molecule has 0 radical (unpaired) electrons. The smallest absolute Gasteiger partial charge is 0.312 e. The number of rotatable bonds is 3. The summed E-state index contributed by atoms with van der Waals surface area (Å²) in [6.07, 6.45) is 5.11. The molecule has 0 amide bonds. The summed E-state index contributed by atoms with van der Waals surface area (Å²) in [6.45, 7) is 0.130. The Hall–Kier alpha value is -1.65. The molecule has 1 N–H and O–H groups in total. The lowest BCUT2D eigenvalue weighted by atomic mass is 9.48. The molecule has 0 aliphatic heterocycles. The Bertz CT molecular complexity index is 882. The van der Waals surface area contributed by atoms with Crippen molar-refractivity contribution in [3.63, 3.8) is 0 Å². The fraction of sp³-hybridized carbons (Fsp3) is 0.524. The molecule has 136 valence electrons. The monoisotopic (exact) mass is 371 g/mol. The number of aromatic nitrogens is 1. The van der Waals surface area contributed by atoms with E-state index in [-0.39, 0.29) is 12.6 Å². The van der Waals surface area contributed by atoms with Crippen LogP contribution in [-0.2, 0) is 16.1 Å². The van der Waals surface area contributed by atoms with Crippen LogP contribution in [-0.4, -0.2) is 21.7 Å². The van der Waals surface area contributed by atoms with Crippen molar-refractivity contribution >= 4 is 28.5 Å². The first-order valence-corrected chi connectivity index (χ1v) is 9.76.